The molecule has 2 fully saturated rings. The third kappa shape index (κ3) is 5.69. The van der Waals surface area contributed by atoms with E-state index in [4.69, 9.17) is 14.2 Å². The van der Waals surface area contributed by atoms with Crippen LogP contribution in [0.25, 0.3) is 0 Å². The molecule has 24 heavy (non-hydrogen) atoms. The number of rotatable bonds is 6. The van der Waals surface area contributed by atoms with Crippen LogP contribution >= 0.6 is 0 Å². The van der Waals surface area contributed by atoms with Crippen molar-refractivity contribution < 1.29 is 29.2 Å². The monoisotopic (exact) mass is 344 g/mol. The van der Waals surface area contributed by atoms with Gasteiger partial charge < -0.3 is 24.4 Å². The zero-order valence-electron chi connectivity index (χ0n) is 15.4. The van der Waals surface area contributed by atoms with Crippen molar-refractivity contribution in [1.82, 2.24) is 0 Å². The largest absolute Gasteiger partial charge is 0.460 e. The number of carbonyl (C=O) groups excluding carboxylic acids is 1. The normalized spacial score (nSPS) is 37.8. The van der Waals surface area contributed by atoms with E-state index < -0.39 is 24.1 Å². The van der Waals surface area contributed by atoms with Gasteiger partial charge in [-0.1, -0.05) is 0 Å². The lowest BCUT2D eigenvalue weighted by Crippen LogP contribution is -2.48. The summed E-state index contributed by atoms with van der Waals surface area (Å²) >= 11 is 0. The summed E-state index contributed by atoms with van der Waals surface area (Å²) in [5.41, 5.74) is -0.434. The molecule has 0 radical (unpaired) electrons. The van der Waals surface area contributed by atoms with E-state index in [1.165, 1.54) is 0 Å². The minimum atomic E-state index is -0.811. The van der Waals surface area contributed by atoms with Crippen LogP contribution in [0.15, 0.2) is 0 Å². The van der Waals surface area contributed by atoms with Crippen molar-refractivity contribution in [3.8, 4) is 0 Å². The molecule has 0 aromatic carbocycles. The lowest BCUT2D eigenvalue weighted by Gasteiger charge is -2.36. The van der Waals surface area contributed by atoms with E-state index in [9.17, 15) is 15.0 Å². The minimum Gasteiger partial charge on any atom is -0.460 e. The molecule has 0 amide bonds. The Morgan fingerprint density at radius 2 is 1.92 bits per heavy atom. The second-order valence-electron chi connectivity index (χ2n) is 8.24. The quantitative estimate of drug-likeness (QED) is 0.717. The summed E-state index contributed by atoms with van der Waals surface area (Å²) in [4.78, 5) is 12.0. The van der Waals surface area contributed by atoms with Crippen LogP contribution in [0.4, 0.5) is 0 Å². The van der Waals surface area contributed by atoms with Gasteiger partial charge in [-0.3, -0.25) is 4.79 Å². The van der Waals surface area contributed by atoms with Gasteiger partial charge in [0.05, 0.1) is 24.2 Å². The Labute approximate surface area is 144 Å². The number of carbonyl (C=O) groups is 1. The summed E-state index contributed by atoms with van der Waals surface area (Å²) in [5, 5.41) is 19.6. The average Bonchev–Trinajstić information content (AvgIpc) is 3.20. The van der Waals surface area contributed by atoms with Crippen molar-refractivity contribution in [3.05, 3.63) is 0 Å². The molecule has 6 heteroatoms. The van der Waals surface area contributed by atoms with Crippen molar-refractivity contribution in [2.75, 3.05) is 0 Å². The molecule has 1 aliphatic heterocycles. The van der Waals surface area contributed by atoms with E-state index in [1.54, 1.807) is 6.92 Å². The van der Waals surface area contributed by atoms with E-state index in [0.717, 1.165) is 19.3 Å². The number of esters is 1. The van der Waals surface area contributed by atoms with Crippen LogP contribution in [-0.4, -0.2) is 52.5 Å². The molecule has 1 heterocycles. The third-order valence-electron chi connectivity index (χ3n) is 4.63. The van der Waals surface area contributed by atoms with Crippen LogP contribution in [0, 0.1) is 11.8 Å². The molecular weight excluding hydrogens is 312 g/mol. The molecule has 2 N–H and O–H groups in total. The lowest BCUT2D eigenvalue weighted by atomic mass is 10.0. The molecule has 0 aromatic rings. The van der Waals surface area contributed by atoms with E-state index in [1.807, 2.05) is 27.7 Å². The van der Waals surface area contributed by atoms with Gasteiger partial charge in [0.15, 0.2) is 6.29 Å². The van der Waals surface area contributed by atoms with Gasteiger partial charge in [0.25, 0.3) is 0 Å². The van der Waals surface area contributed by atoms with E-state index in [2.05, 4.69) is 0 Å². The van der Waals surface area contributed by atoms with Crippen molar-refractivity contribution in [2.24, 2.45) is 11.8 Å². The highest BCUT2D eigenvalue weighted by Crippen LogP contribution is 2.44. The Balaban J connectivity index is 1.67. The van der Waals surface area contributed by atoms with Crippen molar-refractivity contribution in [2.45, 2.75) is 96.6 Å². The smallest absolute Gasteiger partial charge is 0.309 e. The SMILES string of the molecule is C[C@H](CCC1CC1C(=O)OC(C)(C)C)OC1O[C@@H](C)[C@H](O)C[C@H]1O. The molecule has 0 bridgehead atoms. The van der Waals surface area contributed by atoms with Gasteiger partial charge >= 0.3 is 5.97 Å². The molecule has 6 nitrogen and oxygen atoms in total. The molecule has 140 valence electrons. The molecule has 2 aliphatic rings. The standard InChI is InChI=1S/C18H32O6/c1-10(22-17-15(20)9-14(19)11(2)23-17)6-7-12-8-13(12)16(21)24-18(3,4)5/h10-15,17,19-20H,6-9H2,1-5H3/t10-,11+,12?,13?,14-,15-,17?/m1/s1. The molecule has 1 saturated carbocycles. The topological polar surface area (TPSA) is 85.2 Å². The van der Waals surface area contributed by atoms with Crippen molar-refractivity contribution >= 4 is 5.97 Å². The molecule has 1 saturated heterocycles. The Kier molecular flexibility index (Phi) is 6.29. The number of hydrogen-bond acceptors (Lipinski definition) is 6. The maximum absolute atomic E-state index is 12.0. The highest BCUT2D eigenvalue weighted by molar-refractivity contribution is 5.76. The molecule has 0 spiro atoms. The average molecular weight is 344 g/mol. The predicted molar refractivity (Wildman–Crippen MR) is 88.2 cm³/mol. The number of aliphatic hydroxyl groups excluding tert-OH is 2. The fourth-order valence-electron chi connectivity index (χ4n) is 3.04. The first kappa shape index (κ1) is 19.6. The van der Waals surface area contributed by atoms with Crippen molar-refractivity contribution in [1.29, 1.82) is 0 Å². The third-order valence-corrected chi connectivity index (χ3v) is 4.63. The molecule has 0 aromatic heterocycles. The van der Waals surface area contributed by atoms with Crippen LogP contribution in [0.3, 0.4) is 0 Å². The van der Waals surface area contributed by atoms with E-state index in [0.29, 0.717) is 5.92 Å². The molecule has 7 atom stereocenters. The van der Waals surface area contributed by atoms with Gasteiger partial charge in [0.1, 0.15) is 11.7 Å². The summed E-state index contributed by atoms with van der Waals surface area (Å²) in [6.45, 7) is 9.35. The summed E-state index contributed by atoms with van der Waals surface area (Å²) in [7, 11) is 0. The fraction of sp³-hybridized carbons (Fsp3) is 0.944. The van der Waals surface area contributed by atoms with Crippen LogP contribution in [0.5, 0.6) is 0 Å². The van der Waals surface area contributed by atoms with Gasteiger partial charge in [-0.05, 0) is 59.8 Å². The van der Waals surface area contributed by atoms with Gasteiger partial charge in [-0.2, -0.15) is 0 Å². The summed E-state index contributed by atoms with van der Waals surface area (Å²) in [5.74, 6) is 0.280. The van der Waals surface area contributed by atoms with Gasteiger partial charge in [-0.25, -0.2) is 0 Å². The van der Waals surface area contributed by atoms with Crippen LogP contribution in [-0.2, 0) is 19.0 Å². The van der Waals surface area contributed by atoms with Crippen LogP contribution < -0.4 is 0 Å². The summed E-state index contributed by atoms with van der Waals surface area (Å²) in [6, 6.07) is 0. The minimum absolute atomic E-state index is 0.0168. The van der Waals surface area contributed by atoms with Crippen LogP contribution in [0.2, 0.25) is 0 Å². The first-order valence-corrected chi connectivity index (χ1v) is 8.96. The first-order chi connectivity index (χ1) is 11.1. The highest BCUT2D eigenvalue weighted by atomic mass is 16.7. The number of hydrogen-bond donors (Lipinski definition) is 2. The Morgan fingerprint density at radius 1 is 1.25 bits per heavy atom. The van der Waals surface area contributed by atoms with E-state index >= 15 is 0 Å². The maximum Gasteiger partial charge on any atom is 0.309 e. The van der Waals surface area contributed by atoms with Gasteiger partial charge in [0.2, 0.25) is 0 Å². The zero-order chi connectivity index (χ0) is 18.1. The predicted octanol–water partition coefficient (Wildman–Crippen LogP) is 2.01. The molecule has 1 aliphatic carbocycles. The fourth-order valence-corrected chi connectivity index (χ4v) is 3.04. The number of ether oxygens (including phenoxy) is 3. The number of aliphatic hydroxyl groups is 2. The van der Waals surface area contributed by atoms with Crippen molar-refractivity contribution in [3.63, 3.8) is 0 Å². The Morgan fingerprint density at radius 3 is 2.54 bits per heavy atom. The molecular formula is C18H32O6. The highest BCUT2D eigenvalue weighted by Gasteiger charge is 2.45. The Bertz CT molecular complexity index is 432. The second kappa shape index (κ2) is 7.68. The second-order valence-corrected chi connectivity index (χ2v) is 8.24. The Hall–Kier alpha value is -0.690. The maximum atomic E-state index is 12.0. The van der Waals surface area contributed by atoms with E-state index in [-0.39, 0.29) is 30.5 Å². The lowest BCUT2D eigenvalue weighted by molar-refractivity contribution is -0.273. The zero-order valence-corrected chi connectivity index (χ0v) is 15.4. The van der Waals surface area contributed by atoms with Gasteiger partial charge in [0, 0.05) is 6.42 Å². The summed E-state index contributed by atoms with van der Waals surface area (Å²) < 4.78 is 16.7. The summed E-state index contributed by atoms with van der Waals surface area (Å²) in [6.07, 6.45) is 0.261. The van der Waals surface area contributed by atoms with Gasteiger partial charge in [-0.15, -0.1) is 0 Å². The van der Waals surface area contributed by atoms with Crippen LogP contribution in [0.1, 0.15) is 60.3 Å². The molecule has 2 rings (SSSR count). The first-order valence-electron chi connectivity index (χ1n) is 8.96. The molecule has 3 unspecified atom stereocenters.